The zero-order chi connectivity index (χ0) is 10.3. The van der Waals surface area contributed by atoms with Gasteiger partial charge in [-0.1, -0.05) is 26.8 Å². The monoisotopic (exact) mass is 187 g/mol. The molecule has 0 spiro atoms. The molecule has 0 saturated carbocycles. The molecule has 1 nitrogen and oxygen atoms in total. The number of pyridine rings is 1. The van der Waals surface area contributed by atoms with Gasteiger partial charge in [-0.15, -0.1) is 0 Å². The van der Waals surface area contributed by atoms with Crippen LogP contribution in [0.15, 0.2) is 18.3 Å². The standard InChI is InChI=1S/C13H17N/c1-9-5-6-12-11(9)7-10(8-14-12)13(2,3)4/h5,7-8H,6H2,1-4H3. The minimum atomic E-state index is 0.199. The van der Waals surface area contributed by atoms with Gasteiger partial charge in [0.1, 0.15) is 0 Å². The summed E-state index contributed by atoms with van der Waals surface area (Å²) in [7, 11) is 0. The molecule has 0 N–H and O–H groups in total. The summed E-state index contributed by atoms with van der Waals surface area (Å²) in [6, 6.07) is 2.29. The minimum absolute atomic E-state index is 0.199. The molecule has 0 aliphatic heterocycles. The van der Waals surface area contributed by atoms with Crippen LogP contribution in [0, 0.1) is 0 Å². The number of rotatable bonds is 0. The lowest BCUT2D eigenvalue weighted by molar-refractivity contribution is 0.586. The van der Waals surface area contributed by atoms with Crippen LogP contribution >= 0.6 is 0 Å². The minimum Gasteiger partial charge on any atom is -0.260 e. The van der Waals surface area contributed by atoms with Crippen molar-refractivity contribution < 1.29 is 0 Å². The molecule has 0 fully saturated rings. The van der Waals surface area contributed by atoms with Crippen LogP contribution in [0.4, 0.5) is 0 Å². The van der Waals surface area contributed by atoms with E-state index in [9.17, 15) is 0 Å². The molecule has 2 rings (SSSR count). The van der Waals surface area contributed by atoms with Gasteiger partial charge in [-0.3, -0.25) is 4.98 Å². The Morgan fingerprint density at radius 1 is 1.29 bits per heavy atom. The van der Waals surface area contributed by atoms with Crippen LogP contribution in [-0.2, 0) is 11.8 Å². The fraction of sp³-hybridized carbons (Fsp3) is 0.462. The molecule has 14 heavy (non-hydrogen) atoms. The van der Waals surface area contributed by atoms with Gasteiger partial charge in [0, 0.05) is 12.6 Å². The average Bonchev–Trinajstić information content (AvgIpc) is 2.46. The maximum Gasteiger partial charge on any atom is 0.0516 e. The van der Waals surface area contributed by atoms with Crippen LogP contribution in [0.3, 0.4) is 0 Å². The predicted octanol–water partition coefficient (Wildman–Crippen LogP) is 3.34. The highest BCUT2D eigenvalue weighted by molar-refractivity contribution is 5.70. The van der Waals surface area contributed by atoms with Crippen molar-refractivity contribution in [2.45, 2.75) is 39.5 Å². The summed E-state index contributed by atoms with van der Waals surface area (Å²) >= 11 is 0. The molecule has 0 saturated heterocycles. The molecular formula is C13H17N. The highest BCUT2D eigenvalue weighted by Crippen LogP contribution is 2.30. The van der Waals surface area contributed by atoms with Crippen molar-refractivity contribution in [2.75, 3.05) is 0 Å². The molecule has 0 unspecified atom stereocenters. The van der Waals surface area contributed by atoms with Gasteiger partial charge in [0.25, 0.3) is 0 Å². The summed E-state index contributed by atoms with van der Waals surface area (Å²) in [5.41, 5.74) is 5.47. The molecule has 0 aromatic carbocycles. The third-order valence-corrected chi connectivity index (χ3v) is 2.86. The second kappa shape index (κ2) is 2.94. The Labute approximate surface area is 85.9 Å². The third kappa shape index (κ3) is 1.47. The summed E-state index contributed by atoms with van der Waals surface area (Å²) in [6.07, 6.45) is 5.28. The normalized spacial score (nSPS) is 15.3. The van der Waals surface area contributed by atoms with Crippen LogP contribution < -0.4 is 0 Å². The third-order valence-electron chi connectivity index (χ3n) is 2.86. The zero-order valence-electron chi connectivity index (χ0n) is 9.39. The van der Waals surface area contributed by atoms with E-state index in [1.165, 1.54) is 22.4 Å². The Bertz CT molecular complexity index is 394. The molecule has 0 atom stereocenters. The molecule has 0 bridgehead atoms. The second-order valence-electron chi connectivity index (χ2n) is 5.06. The number of hydrogen-bond donors (Lipinski definition) is 0. The van der Waals surface area contributed by atoms with E-state index in [0.29, 0.717) is 0 Å². The van der Waals surface area contributed by atoms with Gasteiger partial charge >= 0.3 is 0 Å². The molecular weight excluding hydrogens is 170 g/mol. The quantitative estimate of drug-likeness (QED) is 0.607. The first kappa shape index (κ1) is 9.45. The summed E-state index contributed by atoms with van der Waals surface area (Å²) in [4.78, 5) is 4.52. The first-order chi connectivity index (χ1) is 6.48. The van der Waals surface area contributed by atoms with E-state index in [2.05, 4.69) is 44.8 Å². The van der Waals surface area contributed by atoms with Gasteiger partial charge in [0.15, 0.2) is 0 Å². The van der Waals surface area contributed by atoms with Crippen molar-refractivity contribution in [3.63, 3.8) is 0 Å². The Hall–Kier alpha value is -1.11. The summed E-state index contributed by atoms with van der Waals surface area (Å²) in [5.74, 6) is 0. The van der Waals surface area contributed by atoms with Gasteiger partial charge < -0.3 is 0 Å². The van der Waals surface area contributed by atoms with E-state index in [4.69, 9.17) is 0 Å². The maximum atomic E-state index is 4.52. The average molecular weight is 187 g/mol. The molecule has 74 valence electrons. The van der Waals surface area contributed by atoms with Crippen molar-refractivity contribution in [1.82, 2.24) is 4.98 Å². The maximum absolute atomic E-state index is 4.52. The van der Waals surface area contributed by atoms with E-state index < -0.39 is 0 Å². The van der Waals surface area contributed by atoms with Gasteiger partial charge in [-0.25, -0.2) is 0 Å². The first-order valence-electron chi connectivity index (χ1n) is 5.15. The lowest BCUT2D eigenvalue weighted by atomic mass is 9.87. The highest BCUT2D eigenvalue weighted by Gasteiger charge is 2.18. The van der Waals surface area contributed by atoms with Crippen molar-refractivity contribution in [3.8, 4) is 0 Å². The number of aromatic nitrogens is 1. The Morgan fingerprint density at radius 3 is 2.64 bits per heavy atom. The zero-order valence-corrected chi connectivity index (χ0v) is 9.39. The van der Waals surface area contributed by atoms with Crippen LogP contribution in [0.2, 0.25) is 0 Å². The Balaban J connectivity index is 2.50. The number of nitrogens with zero attached hydrogens (tertiary/aromatic N) is 1. The fourth-order valence-corrected chi connectivity index (χ4v) is 1.77. The Kier molecular flexibility index (Phi) is 1.99. The SMILES string of the molecule is CC1=CCc2ncc(C(C)(C)C)cc21. The van der Waals surface area contributed by atoms with Gasteiger partial charge in [-0.05, 0) is 35.1 Å². The van der Waals surface area contributed by atoms with Gasteiger partial charge in [-0.2, -0.15) is 0 Å². The highest BCUT2D eigenvalue weighted by atomic mass is 14.7. The van der Waals surface area contributed by atoms with Crippen molar-refractivity contribution in [1.29, 1.82) is 0 Å². The van der Waals surface area contributed by atoms with Crippen LogP contribution in [0.5, 0.6) is 0 Å². The molecule has 1 aliphatic rings. The first-order valence-corrected chi connectivity index (χ1v) is 5.15. The molecule has 1 heteroatoms. The predicted molar refractivity (Wildman–Crippen MR) is 60.3 cm³/mol. The summed E-state index contributed by atoms with van der Waals surface area (Å²) in [5, 5.41) is 0. The van der Waals surface area contributed by atoms with Gasteiger partial charge in [0.2, 0.25) is 0 Å². The fourth-order valence-electron chi connectivity index (χ4n) is 1.77. The second-order valence-corrected chi connectivity index (χ2v) is 5.06. The molecule has 1 aliphatic carbocycles. The van der Waals surface area contributed by atoms with E-state index >= 15 is 0 Å². The summed E-state index contributed by atoms with van der Waals surface area (Å²) in [6.45, 7) is 8.85. The topological polar surface area (TPSA) is 12.9 Å². The number of hydrogen-bond acceptors (Lipinski definition) is 1. The number of fused-ring (bicyclic) bond motifs is 1. The molecule has 1 aromatic rings. The lowest BCUT2D eigenvalue weighted by Crippen LogP contribution is -2.12. The van der Waals surface area contributed by atoms with Crippen LogP contribution in [0.1, 0.15) is 44.5 Å². The van der Waals surface area contributed by atoms with E-state index in [1.54, 1.807) is 0 Å². The van der Waals surface area contributed by atoms with E-state index in [-0.39, 0.29) is 5.41 Å². The Morgan fingerprint density at radius 2 is 2.00 bits per heavy atom. The van der Waals surface area contributed by atoms with E-state index in [0.717, 1.165) is 6.42 Å². The molecule has 1 aromatic heterocycles. The van der Waals surface area contributed by atoms with Crippen molar-refractivity contribution in [3.05, 3.63) is 35.2 Å². The van der Waals surface area contributed by atoms with Crippen LogP contribution in [0.25, 0.3) is 5.57 Å². The molecule has 0 radical (unpaired) electrons. The van der Waals surface area contributed by atoms with Crippen LogP contribution in [-0.4, -0.2) is 4.98 Å². The van der Waals surface area contributed by atoms with E-state index in [1.807, 2.05) is 6.20 Å². The lowest BCUT2D eigenvalue weighted by Gasteiger charge is -2.19. The number of allylic oxidation sites excluding steroid dienone is 2. The molecule has 1 heterocycles. The van der Waals surface area contributed by atoms with Crippen molar-refractivity contribution in [2.24, 2.45) is 0 Å². The van der Waals surface area contributed by atoms with Gasteiger partial charge in [0.05, 0.1) is 5.69 Å². The molecule has 0 amide bonds. The largest absolute Gasteiger partial charge is 0.260 e. The summed E-state index contributed by atoms with van der Waals surface area (Å²) < 4.78 is 0. The van der Waals surface area contributed by atoms with Crippen molar-refractivity contribution >= 4 is 5.57 Å². The smallest absolute Gasteiger partial charge is 0.0516 e.